The molecule has 3 rings (SSSR count). The van der Waals surface area contributed by atoms with E-state index in [1.807, 2.05) is 6.20 Å². The Kier molecular flexibility index (Phi) is 2.74. The van der Waals surface area contributed by atoms with E-state index in [4.69, 9.17) is 0 Å². The zero-order chi connectivity index (χ0) is 11.9. The van der Waals surface area contributed by atoms with Gasteiger partial charge in [0.05, 0.1) is 6.20 Å². The Bertz CT molecular complexity index is 394. The van der Waals surface area contributed by atoms with Gasteiger partial charge in [-0.25, -0.2) is 0 Å². The molecule has 2 aliphatic carbocycles. The van der Waals surface area contributed by atoms with Crippen molar-refractivity contribution in [1.82, 2.24) is 15.5 Å². The second kappa shape index (κ2) is 4.13. The van der Waals surface area contributed by atoms with Crippen molar-refractivity contribution in [3.8, 4) is 0 Å². The monoisotopic (exact) mass is 233 g/mol. The fraction of sp³-hybridized carbons (Fsp3) is 0.786. The first-order valence-corrected chi connectivity index (χ1v) is 6.92. The van der Waals surface area contributed by atoms with Crippen LogP contribution in [0.2, 0.25) is 0 Å². The molecule has 1 aromatic rings. The van der Waals surface area contributed by atoms with Gasteiger partial charge < -0.3 is 5.32 Å². The molecule has 0 spiro atoms. The van der Waals surface area contributed by atoms with Crippen molar-refractivity contribution in [3.05, 3.63) is 17.5 Å². The van der Waals surface area contributed by atoms with Crippen LogP contribution in [0.15, 0.2) is 6.20 Å². The van der Waals surface area contributed by atoms with Crippen LogP contribution >= 0.6 is 0 Å². The second-order valence-electron chi connectivity index (χ2n) is 6.41. The van der Waals surface area contributed by atoms with Gasteiger partial charge in [-0.05, 0) is 43.1 Å². The van der Waals surface area contributed by atoms with E-state index in [1.165, 1.54) is 36.9 Å². The number of fused-ring (bicyclic) bond motifs is 1. The lowest BCUT2D eigenvalue weighted by atomic mass is 9.85. The molecule has 1 saturated carbocycles. The number of aromatic nitrogens is 2. The molecular formula is C14H23N3. The number of nitrogens with one attached hydrogen (secondary N) is 2. The summed E-state index contributed by atoms with van der Waals surface area (Å²) in [6.45, 7) is 4.81. The van der Waals surface area contributed by atoms with Crippen molar-refractivity contribution in [2.75, 3.05) is 0 Å². The van der Waals surface area contributed by atoms with Crippen molar-refractivity contribution < 1.29 is 0 Å². The summed E-state index contributed by atoms with van der Waals surface area (Å²) in [6.07, 6.45) is 9.66. The van der Waals surface area contributed by atoms with Crippen LogP contribution in [0.1, 0.15) is 50.8 Å². The lowest BCUT2D eigenvalue weighted by Gasteiger charge is -2.33. The van der Waals surface area contributed by atoms with Crippen LogP contribution in [0, 0.1) is 5.41 Å². The molecule has 0 radical (unpaired) electrons. The van der Waals surface area contributed by atoms with E-state index >= 15 is 0 Å². The highest BCUT2D eigenvalue weighted by atomic mass is 15.1. The quantitative estimate of drug-likeness (QED) is 0.823. The van der Waals surface area contributed by atoms with E-state index < -0.39 is 0 Å². The predicted molar refractivity (Wildman–Crippen MR) is 69.0 cm³/mol. The van der Waals surface area contributed by atoms with Crippen molar-refractivity contribution in [2.45, 2.75) is 64.5 Å². The number of aryl methyl sites for hydroxylation is 1. The van der Waals surface area contributed by atoms with Crippen molar-refractivity contribution in [2.24, 2.45) is 5.41 Å². The molecule has 1 aromatic heterocycles. The third kappa shape index (κ3) is 2.13. The second-order valence-corrected chi connectivity index (χ2v) is 6.41. The predicted octanol–water partition coefficient (Wildman–Crippen LogP) is 2.44. The van der Waals surface area contributed by atoms with Gasteiger partial charge in [0.1, 0.15) is 0 Å². The number of rotatable bonds is 2. The lowest BCUT2D eigenvalue weighted by Crippen LogP contribution is -2.46. The summed E-state index contributed by atoms with van der Waals surface area (Å²) in [5, 5.41) is 11.2. The molecule has 0 aliphatic heterocycles. The van der Waals surface area contributed by atoms with Crippen molar-refractivity contribution >= 4 is 0 Å². The van der Waals surface area contributed by atoms with Crippen LogP contribution in [0.4, 0.5) is 0 Å². The number of hydrogen-bond acceptors (Lipinski definition) is 2. The van der Waals surface area contributed by atoms with Crippen molar-refractivity contribution in [1.29, 1.82) is 0 Å². The van der Waals surface area contributed by atoms with Crippen molar-refractivity contribution in [3.63, 3.8) is 0 Å². The smallest absolute Gasteiger partial charge is 0.0522 e. The molecule has 17 heavy (non-hydrogen) atoms. The molecule has 0 bridgehead atoms. The SMILES string of the molecule is CC1(C)CCC[C@H]1N[C@@H]1CCc2[nH]ncc2C1. The number of hydrogen-bond donors (Lipinski definition) is 2. The molecular weight excluding hydrogens is 210 g/mol. The maximum atomic E-state index is 4.15. The minimum absolute atomic E-state index is 0.483. The zero-order valence-corrected chi connectivity index (χ0v) is 10.9. The van der Waals surface area contributed by atoms with E-state index in [0.29, 0.717) is 17.5 Å². The number of aromatic amines is 1. The number of nitrogens with zero attached hydrogens (tertiary/aromatic N) is 1. The normalized spacial score (nSPS) is 31.4. The van der Waals surface area contributed by atoms with Gasteiger partial charge in [0, 0.05) is 17.8 Å². The molecule has 2 aliphatic rings. The first kappa shape index (κ1) is 11.3. The maximum Gasteiger partial charge on any atom is 0.0522 e. The van der Waals surface area contributed by atoms with Gasteiger partial charge in [0.15, 0.2) is 0 Å². The summed E-state index contributed by atoms with van der Waals surface area (Å²) in [7, 11) is 0. The van der Waals surface area contributed by atoms with E-state index in [2.05, 4.69) is 29.4 Å². The Morgan fingerprint density at radius 2 is 2.29 bits per heavy atom. The largest absolute Gasteiger partial charge is 0.310 e. The molecule has 0 saturated heterocycles. The topological polar surface area (TPSA) is 40.7 Å². The highest BCUT2D eigenvalue weighted by Crippen LogP contribution is 2.38. The third-order valence-electron chi connectivity index (χ3n) is 4.71. The van der Waals surface area contributed by atoms with Gasteiger partial charge >= 0.3 is 0 Å². The Balaban J connectivity index is 1.64. The van der Waals surface area contributed by atoms with E-state index in [9.17, 15) is 0 Å². The molecule has 94 valence electrons. The molecule has 0 amide bonds. The highest BCUT2D eigenvalue weighted by molar-refractivity contribution is 5.21. The van der Waals surface area contributed by atoms with Crippen LogP contribution in [-0.4, -0.2) is 22.3 Å². The molecule has 1 heterocycles. The van der Waals surface area contributed by atoms with Gasteiger partial charge in [-0.3, -0.25) is 5.10 Å². The molecule has 2 N–H and O–H groups in total. The molecule has 1 fully saturated rings. The summed E-state index contributed by atoms with van der Waals surface area (Å²) < 4.78 is 0. The van der Waals surface area contributed by atoms with Gasteiger partial charge in [-0.15, -0.1) is 0 Å². The van der Waals surface area contributed by atoms with E-state index in [-0.39, 0.29) is 0 Å². The maximum absolute atomic E-state index is 4.15. The lowest BCUT2D eigenvalue weighted by molar-refractivity contribution is 0.252. The van der Waals surface area contributed by atoms with Crippen LogP contribution in [0.3, 0.4) is 0 Å². The summed E-state index contributed by atoms with van der Waals surface area (Å²) in [5.74, 6) is 0. The van der Waals surface area contributed by atoms with Gasteiger partial charge in [0.25, 0.3) is 0 Å². The average molecular weight is 233 g/mol. The fourth-order valence-electron chi connectivity index (χ4n) is 3.48. The zero-order valence-electron chi connectivity index (χ0n) is 10.9. The van der Waals surface area contributed by atoms with Crippen LogP contribution in [-0.2, 0) is 12.8 Å². The summed E-state index contributed by atoms with van der Waals surface area (Å²) in [5.41, 5.74) is 3.26. The average Bonchev–Trinajstić information content (AvgIpc) is 2.85. The summed E-state index contributed by atoms with van der Waals surface area (Å²) >= 11 is 0. The minimum atomic E-state index is 0.483. The minimum Gasteiger partial charge on any atom is -0.310 e. The Morgan fingerprint density at radius 1 is 1.41 bits per heavy atom. The van der Waals surface area contributed by atoms with Crippen LogP contribution < -0.4 is 5.32 Å². The number of H-pyrrole nitrogens is 1. The Labute approximate surface area is 103 Å². The standard InChI is InChI=1S/C14H23N3/c1-14(2)7-3-4-13(14)16-11-5-6-12-10(8-11)9-15-17-12/h9,11,13,16H,3-8H2,1-2H3,(H,15,17)/t11-,13-/m1/s1. The molecule has 2 atom stereocenters. The van der Waals surface area contributed by atoms with E-state index in [0.717, 1.165) is 12.8 Å². The van der Waals surface area contributed by atoms with Gasteiger partial charge in [-0.2, -0.15) is 5.10 Å². The Hall–Kier alpha value is -0.830. The summed E-state index contributed by atoms with van der Waals surface area (Å²) in [4.78, 5) is 0. The van der Waals surface area contributed by atoms with Crippen LogP contribution in [0.25, 0.3) is 0 Å². The molecule has 0 unspecified atom stereocenters. The fourth-order valence-corrected chi connectivity index (χ4v) is 3.48. The molecule has 0 aromatic carbocycles. The molecule has 3 nitrogen and oxygen atoms in total. The van der Waals surface area contributed by atoms with Crippen LogP contribution in [0.5, 0.6) is 0 Å². The highest BCUT2D eigenvalue weighted by Gasteiger charge is 2.36. The summed E-state index contributed by atoms with van der Waals surface area (Å²) in [6, 6.07) is 1.36. The van der Waals surface area contributed by atoms with Gasteiger partial charge in [-0.1, -0.05) is 20.3 Å². The first-order chi connectivity index (χ1) is 8.15. The van der Waals surface area contributed by atoms with Gasteiger partial charge in [0.2, 0.25) is 0 Å². The third-order valence-corrected chi connectivity index (χ3v) is 4.71. The Morgan fingerprint density at radius 3 is 3.06 bits per heavy atom. The molecule has 3 heteroatoms. The van der Waals surface area contributed by atoms with E-state index in [1.54, 1.807) is 0 Å². The first-order valence-electron chi connectivity index (χ1n) is 6.92.